The molecular formula is C15H23NO2. The van der Waals surface area contributed by atoms with E-state index in [4.69, 9.17) is 9.47 Å². The molecule has 0 saturated carbocycles. The summed E-state index contributed by atoms with van der Waals surface area (Å²) >= 11 is 0. The molecule has 0 radical (unpaired) electrons. The molecule has 100 valence electrons. The molecule has 2 rings (SSSR count). The zero-order valence-corrected chi connectivity index (χ0v) is 11.3. The van der Waals surface area contributed by atoms with Gasteiger partial charge in [-0.05, 0) is 39.9 Å². The van der Waals surface area contributed by atoms with Crippen molar-refractivity contribution in [2.75, 3.05) is 27.2 Å². The van der Waals surface area contributed by atoms with Crippen LogP contribution in [0.3, 0.4) is 0 Å². The van der Waals surface area contributed by atoms with Crippen molar-refractivity contribution >= 4 is 0 Å². The van der Waals surface area contributed by atoms with E-state index in [-0.39, 0.29) is 6.29 Å². The third kappa shape index (κ3) is 4.09. The topological polar surface area (TPSA) is 21.7 Å². The Morgan fingerprint density at radius 2 is 2.00 bits per heavy atom. The summed E-state index contributed by atoms with van der Waals surface area (Å²) in [5.74, 6) is 0. The summed E-state index contributed by atoms with van der Waals surface area (Å²) < 4.78 is 11.7. The Balaban J connectivity index is 1.81. The number of hydrogen-bond acceptors (Lipinski definition) is 3. The Labute approximate surface area is 110 Å². The molecule has 1 heterocycles. The molecule has 0 N–H and O–H groups in total. The maximum absolute atomic E-state index is 6.01. The van der Waals surface area contributed by atoms with Crippen molar-refractivity contribution in [2.24, 2.45) is 0 Å². The van der Waals surface area contributed by atoms with Crippen molar-refractivity contribution < 1.29 is 9.47 Å². The Bertz CT molecular complexity index is 340. The van der Waals surface area contributed by atoms with Gasteiger partial charge in [0.2, 0.25) is 0 Å². The SMILES string of the molecule is CN(C)CCC[C@@H]1CCO[C@H](c2ccccc2)O1. The van der Waals surface area contributed by atoms with Gasteiger partial charge in [-0.15, -0.1) is 0 Å². The molecular weight excluding hydrogens is 226 g/mol. The molecule has 1 aromatic carbocycles. The maximum Gasteiger partial charge on any atom is 0.184 e. The normalized spacial score (nSPS) is 24.4. The molecule has 1 saturated heterocycles. The molecule has 3 nitrogen and oxygen atoms in total. The molecule has 1 aliphatic rings. The van der Waals surface area contributed by atoms with Crippen LogP contribution < -0.4 is 0 Å². The van der Waals surface area contributed by atoms with Gasteiger partial charge in [-0.25, -0.2) is 0 Å². The minimum atomic E-state index is -0.177. The zero-order chi connectivity index (χ0) is 12.8. The van der Waals surface area contributed by atoms with Gasteiger partial charge in [-0.2, -0.15) is 0 Å². The number of rotatable bonds is 5. The lowest BCUT2D eigenvalue weighted by Crippen LogP contribution is -2.27. The predicted octanol–water partition coefficient (Wildman–Crippen LogP) is 2.83. The first kappa shape index (κ1) is 13.5. The second-order valence-corrected chi connectivity index (χ2v) is 5.11. The van der Waals surface area contributed by atoms with Crippen LogP contribution >= 0.6 is 0 Å². The molecule has 2 atom stereocenters. The molecule has 1 fully saturated rings. The zero-order valence-electron chi connectivity index (χ0n) is 11.3. The third-order valence-corrected chi connectivity index (χ3v) is 3.23. The van der Waals surface area contributed by atoms with Gasteiger partial charge in [-0.3, -0.25) is 0 Å². The Hall–Kier alpha value is -0.900. The summed E-state index contributed by atoms with van der Waals surface area (Å²) in [6, 6.07) is 10.2. The van der Waals surface area contributed by atoms with Crippen LogP contribution in [-0.2, 0) is 9.47 Å². The van der Waals surface area contributed by atoms with E-state index in [0.29, 0.717) is 6.10 Å². The minimum Gasteiger partial charge on any atom is -0.348 e. The van der Waals surface area contributed by atoms with Crippen LogP contribution in [-0.4, -0.2) is 38.3 Å². The largest absolute Gasteiger partial charge is 0.348 e. The highest BCUT2D eigenvalue weighted by Gasteiger charge is 2.23. The number of nitrogens with zero attached hydrogens (tertiary/aromatic N) is 1. The molecule has 0 amide bonds. The first-order valence-electron chi connectivity index (χ1n) is 6.72. The van der Waals surface area contributed by atoms with Crippen LogP contribution in [0.2, 0.25) is 0 Å². The van der Waals surface area contributed by atoms with E-state index in [1.54, 1.807) is 0 Å². The Morgan fingerprint density at radius 3 is 2.72 bits per heavy atom. The van der Waals surface area contributed by atoms with E-state index in [9.17, 15) is 0 Å². The lowest BCUT2D eigenvalue weighted by molar-refractivity contribution is -0.218. The molecule has 1 aromatic rings. The summed E-state index contributed by atoms with van der Waals surface area (Å²) in [5, 5.41) is 0. The predicted molar refractivity (Wildman–Crippen MR) is 72.4 cm³/mol. The molecule has 3 heteroatoms. The Kier molecular flexibility index (Phi) is 5.17. The first-order valence-corrected chi connectivity index (χ1v) is 6.72. The van der Waals surface area contributed by atoms with E-state index in [2.05, 4.69) is 31.1 Å². The molecule has 0 aromatic heterocycles. The van der Waals surface area contributed by atoms with Crippen LogP contribution in [0, 0.1) is 0 Å². The van der Waals surface area contributed by atoms with Crippen molar-refractivity contribution in [3.63, 3.8) is 0 Å². The smallest absolute Gasteiger partial charge is 0.184 e. The molecule has 0 aliphatic carbocycles. The summed E-state index contributed by atoms with van der Waals surface area (Å²) in [5.41, 5.74) is 1.12. The van der Waals surface area contributed by atoms with Gasteiger partial charge in [0.1, 0.15) is 0 Å². The van der Waals surface area contributed by atoms with E-state index < -0.39 is 0 Å². The number of benzene rings is 1. The van der Waals surface area contributed by atoms with Gasteiger partial charge in [0, 0.05) is 5.56 Å². The van der Waals surface area contributed by atoms with Crippen LogP contribution in [0.1, 0.15) is 31.1 Å². The average molecular weight is 249 g/mol. The summed E-state index contributed by atoms with van der Waals surface area (Å²) in [4.78, 5) is 2.22. The quantitative estimate of drug-likeness (QED) is 0.801. The monoisotopic (exact) mass is 249 g/mol. The fourth-order valence-electron chi connectivity index (χ4n) is 2.22. The van der Waals surface area contributed by atoms with Crippen LogP contribution in [0.25, 0.3) is 0 Å². The fraction of sp³-hybridized carbons (Fsp3) is 0.600. The van der Waals surface area contributed by atoms with Gasteiger partial charge in [0.05, 0.1) is 12.7 Å². The highest BCUT2D eigenvalue weighted by molar-refractivity contribution is 5.16. The van der Waals surface area contributed by atoms with E-state index >= 15 is 0 Å². The first-order chi connectivity index (χ1) is 8.75. The fourth-order valence-corrected chi connectivity index (χ4v) is 2.22. The van der Waals surface area contributed by atoms with Crippen molar-refractivity contribution in [1.82, 2.24) is 4.90 Å². The summed E-state index contributed by atoms with van der Waals surface area (Å²) in [6.45, 7) is 1.92. The maximum atomic E-state index is 6.01. The van der Waals surface area contributed by atoms with Gasteiger partial charge in [-0.1, -0.05) is 30.3 Å². The minimum absolute atomic E-state index is 0.177. The number of hydrogen-bond donors (Lipinski definition) is 0. The molecule has 0 unspecified atom stereocenters. The highest BCUT2D eigenvalue weighted by Crippen LogP contribution is 2.27. The van der Waals surface area contributed by atoms with E-state index in [1.165, 1.54) is 6.42 Å². The molecule has 18 heavy (non-hydrogen) atoms. The standard InChI is InChI=1S/C15H23NO2/c1-16(2)11-6-9-14-10-12-17-15(18-14)13-7-4-3-5-8-13/h3-5,7-8,14-15H,6,9-12H2,1-2H3/t14-,15+/m1/s1. The average Bonchev–Trinajstić information content (AvgIpc) is 2.40. The van der Waals surface area contributed by atoms with Crippen LogP contribution in [0.4, 0.5) is 0 Å². The van der Waals surface area contributed by atoms with Gasteiger partial charge in [0.15, 0.2) is 6.29 Å². The second-order valence-electron chi connectivity index (χ2n) is 5.11. The molecule has 0 bridgehead atoms. The van der Waals surface area contributed by atoms with E-state index in [1.807, 2.05) is 18.2 Å². The second kappa shape index (κ2) is 6.88. The number of ether oxygens (including phenoxy) is 2. The Morgan fingerprint density at radius 1 is 1.22 bits per heavy atom. The highest BCUT2D eigenvalue weighted by atomic mass is 16.7. The van der Waals surface area contributed by atoms with Gasteiger partial charge in [0.25, 0.3) is 0 Å². The van der Waals surface area contributed by atoms with E-state index in [0.717, 1.165) is 31.6 Å². The van der Waals surface area contributed by atoms with Crippen LogP contribution in [0.15, 0.2) is 30.3 Å². The van der Waals surface area contributed by atoms with Gasteiger partial charge < -0.3 is 14.4 Å². The van der Waals surface area contributed by atoms with Crippen molar-refractivity contribution in [1.29, 1.82) is 0 Å². The summed E-state index contributed by atoms with van der Waals surface area (Å²) in [6.07, 6.45) is 3.47. The molecule has 0 spiro atoms. The third-order valence-electron chi connectivity index (χ3n) is 3.23. The lowest BCUT2D eigenvalue weighted by atomic mass is 10.1. The molecule has 1 aliphatic heterocycles. The van der Waals surface area contributed by atoms with Crippen LogP contribution in [0.5, 0.6) is 0 Å². The lowest BCUT2D eigenvalue weighted by Gasteiger charge is -2.30. The van der Waals surface area contributed by atoms with Gasteiger partial charge >= 0.3 is 0 Å². The van der Waals surface area contributed by atoms with Crippen molar-refractivity contribution in [3.05, 3.63) is 35.9 Å². The summed E-state index contributed by atoms with van der Waals surface area (Å²) in [7, 11) is 4.22. The van der Waals surface area contributed by atoms with Crippen molar-refractivity contribution in [2.45, 2.75) is 31.7 Å². The van der Waals surface area contributed by atoms with Crippen molar-refractivity contribution in [3.8, 4) is 0 Å².